The van der Waals surface area contributed by atoms with Crippen LogP contribution in [-0.2, 0) is 5.88 Å². The third-order valence-corrected chi connectivity index (χ3v) is 3.35. The first-order chi connectivity index (χ1) is 9.35. The molecule has 19 heavy (non-hydrogen) atoms. The molecule has 2 nitrogen and oxygen atoms in total. The second kappa shape index (κ2) is 7.15. The number of unbranched alkanes of at least 4 members (excludes halogenated alkanes) is 1. The van der Waals surface area contributed by atoms with Gasteiger partial charge in [-0.15, -0.1) is 11.6 Å². The molecule has 0 saturated carbocycles. The highest BCUT2D eigenvalue weighted by molar-refractivity contribution is 6.17. The molecule has 0 aliphatic rings. The van der Waals surface area contributed by atoms with Gasteiger partial charge in [0.25, 0.3) is 0 Å². The maximum Gasteiger partial charge on any atom is 0.133 e. The first kappa shape index (κ1) is 13.9. The van der Waals surface area contributed by atoms with Crippen LogP contribution in [0.2, 0.25) is 0 Å². The topological polar surface area (TPSA) is 16.1 Å². The summed E-state index contributed by atoms with van der Waals surface area (Å²) in [5, 5.41) is 0. The van der Waals surface area contributed by atoms with Crippen LogP contribution in [0.4, 0.5) is 11.5 Å². The van der Waals surface area contributed by atoms with Gasteiger partial charge in [-0.05, 0) is 36.2 Å². The molecule has 1 aromatic heterocycles. The van der Waals surface area contributed by atoms with E-state index in [0.717, 1.165) is 24.3 Å². The van der Waals surface area contributed by atoms with Crippen molar-refractivity contribution in [2.24, 2.45) is 0 Å². The number of halogens is 1. The highest BCUT2D eigenvalue weighted by Crippen LogP contribution is 2.24. The summed E-state index contributed by atoms with van der Waals surface area (Å²) < 4.78 is 0. The molecule has 2 aromatic rings. The van der Waals surface area contributed by atoms with Crippen LogP contribution in [0.25, 0.3) is 0 Å². The zero-order valence-corrected chi connectivity index (χ0v) is 12.0. The van der Waals surface area contributed by atoms with Crippen LogP contribution >= 0.6 is 11.6 Å². The third kappa shape index (κ3) is 3.71. The van der Waals surface area contributed by atoms with Gasteiger partial charge in [0.05, 0.1) is 0 Å². The molecular formula is C16H19ClN2. The summed E-state index contributed by atoms with van der Waals surface area (Å²) in [7, 11) is 0. The SMILES string of the molecule is CCCCN(c1ccccc1)c1cc(CCl)ccn1. The lowest BCUT2D eigenvalue weighted by Crippen LogP contribution is -2.19. The number of hydrogen-bond acceptors (Lipinski definition) is 2. The minimum absolute atomic E-state index is 0.520. The summed E-state index contributed by atoms with van der Waals surface area (Å²) >= 11 is 5.91. The predicted octanol–water partition coefficient (Wildman–Crippen LogP) is 4.76. The van der Waals surface area contributed by atoms with Gasteiger partial charge in [-0.2, -0.15) is 0 Å². The van der Waals surface area contributed by atoms with Gasteiger partial charge < -0.3 is 4.90 Å². The Bertz CT molecular complexity index is 499. The van der Waals surface area contributed by atoms with Crippen molar-refractivity contribution in [3.05, 3.63) is 54.2 Å². The molecule has 2 rings (SSSR count). The number of para-hydroxylation sites is 1. The zero-order chi connectivity index (χ0) is 13.5. The number of aromatic nitrogens is 1. The molecule has 0 aliphatic carbocycles. The quantitative estimate of drug-likeness (QED) is 0.706. The third-order valence-electron chi connectivity index (χ3n) is 3.04. The van der Waals surface area contributed by atoms with E-state index in [4.69, 9.17) is 11.6 Å². The summed E-state index contributed by atoms with van der Waals surface area (Å²) in [6.45, 7) is 3.17. The first-order valence-corrected chi connectivity index (χ1v) is 7.22. The van der Waals surface area contributed by atoms with Gasteiger partial charge in [0, 0.05) is 24.3 Å². The Kier molecular flexibility index (Phi) is 5.22. The minimum atomic E-state index is 0.520. The number of benzene rings is 1. The molecule has 0 spiro atoms. The van der Waals surface area contributed by atoms with Crippen LogP contribution in [0.1, 0.15) is 25.3 Å². The van der Waals surface area contributed by atoms with E-state index in [0.29, 0.717) is 5.88 Å². The number of hydrogen-bond donors (Lipinski definition) is 0. The van der Waals surface area contributed by atoms with E-state index in [2.05, 4.69) is 47.1 Å². The maximum atomic E-state index is 5.91. The maximum absolute atomic E-state index is 5.91. The number of rotatable bonds is 6. The summed E-state index contributed by atoms with van der Waals surface area (Å²) in [6, 6.07) is 14.4. The Morgan fingerprint density at radius 3 is 2.63 bits per heavy atom. The predicted molar refractivity (Wildman–Crippen MR) is 82.2 cm³/mol. The molecule has 1 aromatic carbocycles. The molecular weight excluding hydrogens is 256 g/mol. The Morgan fingerprint density at radius 2 is 1.95 bits per heavy atom. The average molecular weight is 275 g/mol. The van der Waals surface area contributed by atoms with E-state index >= 15 is 0 Å². The highest BCUT2D eigenvalue weighted by atomic mass is 35.5. The van der Waals surface area contributed by atoms with Gasteiger partial charge in [0.15, 0.2) is 0 Å². The molecule has 0 aliphatic heterocycles. The lowest BCUT2D eigenvalue weighted by atomic mass is 10.2. The highest BCUT2D eigenvalue weighted by Gasteiger charge is 2.10. The summed E-state index contributed by atoms with van der Waals surface area (Å²) in [4.78, 5) is 6.73. The molecule has 0 amide bonds. The molecule has 0 bridgehead atoms. The monoisotopic (exact) mass is 274 g/mol. The van der Waals surface area contributed by atoms with Crippen molar-refractivity contribution in [3.63, 3.8) is 0 Å². The van der Waals surface area contributed by atoms with Crippen molar-refractivity contribution in [2.75, 3.05) is 11.4 Å². The van der Waals surface area contributed by atoms with Crippen LogP contribution in [0.15, 0.2) is 48.7 Å². The van der Waals surface area contributed by atoms with Crippen molar-refractivity contribution in [2.45, 2.75) is 25.6 Å². The van der Waals surface area contributed by atoms with Crippen molar-refractivity contribution in [3.8, 4) is 0 Å². The number of anilines is 2. The van der Waals surface area contributed by atoms with Crippen molar-refractivity contribution >= 4 is 23.1 Å². The van der Waals surface area contributed by atoms with Gasteiger partial charge in [-0.1, -0.05) is 31.5 Å². The largest absolute Gasteiger partial charge is 0.326 e. The van der Waals surface area contributed by atoms with Crippen molar-refractivity contribution < 1.29 is 0 Å². The summed E-state index contributed by atoms with van der Waals surface area (Å²) in [5.74, 6) is 1.49. The lowest BCUT2D eigenvalue weighted by molar-refractivity contribution is 0.779. The number of pyridine rings is 1. The van der Waals surface area contributed by atoms with Crippen LogP contribution in [0.5, 0.6) is 0 Å². The van der Waals surface area contributed by atoms with E-state index < -0.39 is 0 Å². The van der Waals surface area contributed by atoms with E-state index in [1.165, 1.54) is 12.1 Å². The minimum Gasteiger partial charge on any atom is -0.326 e. The number of alkyl halides is 1. The van der Waals surface area contributed by atoms with E-state index in [1.807, 2.05) is 18.3 Å². The van der Waals surface area contributed by atoms with Crippen LogP contribution in [-0.4, -0.2) is 11.5 Å². The van der Waals surface area contributed by atoms with Crippen LogP contribution in [0.3, 0.4) is 0 Å². The van der Waals surface area contributed by atoms with Gasteiger partial charge in [0.2, 0.25) is 0 Å². The fraction of sp³-hybridized carbons (Fsp3) is 0.312. The van der Waals surface area contributed by atoms with E-state index in [9.17, 15) is 0 Å². The molecule has 0 saturated heterocycles. The van der Waals surface area contributed by atoms with E-state index in [-0.39, 0.29) is 0 Å². The Hall–Kier alpha value is -1.54. The zero-order valence-electron chi connectivity index (χ0n) is 11.2. The average Bonchev–Trinajstić information content (AvgIpc) is 2.49. The molecule has 0 atom stereocenters. The molecule has 3 heteroatoms. The van der Waals surface area contributed by atoms with Gasteiger partial charge in [0.1, 0.15) is 5.82 Å². The van der Waals surface area contributed by atoms with Crippen molar-refractivity contribution in [1.82, 2.24) is 4.98 Å². The molecule has 0 fully saturated rings. The fourth-order valence-corrected chi connectivity index (χ4v) is 2.16. The molecule has 0 N–H and O–H groups in total. The lowest BCUT2D eigenvalue weighted by Gasteiger charge is -2.24. The van der Waals surface area contributed by atoms with Gasteiger partial charge in [-0.25, -0.2) is 4.98 Å². The second-order valence-electron chi connectivity index (χ2n) is 4.50. The van der Waals surface area contributed by atoms with Crippen LogP contribution in [0, 0.1) is 0 Å². The Labute approximate surface area is 120 Å². The number of nitrogens with zero attached hydrogens (tertiary/aromatic N) is 2. The van der Waals surface area contributed by atoms with Crippen molar-refractivity contribution in [1.29, 1.82) is 0 Å². The molecule has 1 heterocycles. The Balaban J connectivity index is 2.31. The second-order valence-corrected chi connectivity index (χ2v) is 4.76. The Morgan fingerprint density at radius 1 is 1.16 bits per heavy atom. The summed E-state index contributed by atoms with van der Waals surface area (Å²) in [5.41, 5.74) is 2.28. The molecule has 0 radical (unpaired) electrons. The van der Waals surface area contributed by atoms with Gasteiger partial charge >= 0.3 is 0 Å². The first-order valence-electron chi connectivity index (χ1n) is 6.68. The molecule has 100 valence electrons. The van der Waals surface area contributed by atoms with E-state index in [1.54, 1.807) is 0 Å². The summed E-state index contributed by atoms with van der Waals surface area (Å²) in [6.07, 6.45) is 4.13. The molecule has 0 unspecified atom stereocenters. The fourth-order valence-electron chi connectivity index (χ4n) is 1.99. The van der Waals surface area contributed by atoms with Crippen LogP contribution < -0.4 is 4.90 Å². The standard InChI is InChI=1S/C16H19ClN2/c1-2-3-11-19(15-7-5-4-6-8-15)16-12-14(13-17)9-10-18-16/h4-10,12H,2-3,11,13H2,1H3. The normalized spacial score (nSPS) is 10.4. The smallest absolute Gasteiger partial charge is 0.133 e. The van der Waals surface area contributed by atoms with Gasteiger partial charge in [-0.3, -0.25) is 0 Å².